The number of amides is 9. The molecule has 1 aliphatic heterocycles. The zero-order valence-corrected chi connectivity index (χ0v) is 40.5. The summed E-state index contributed by atoms with van der Waals surface area (Å²) in [4.78, 5) is 125. The lowest BCUT2D eigenvalue weighted by molar-refractivity contribution is -0.136. The number of carbonyl (C=O) groups is 9. The van der Waals surface area contributed by atoms with E-state index in [1.807, 2.05) is 34.6 Å². The van der Waals surface area contributed by atoms with E-state index in [1.54, 1.807) is 30.3 Å². The first-order valence-electron chi connectivity index (χ1n) is 23.9. The van der Waals surface area contributed by atoms with E-state index in [0.29, 0.717) is 12.0 Å². The summed E-state index contributed by atoms with van der Waals surface area (Å²) >= 11 is 0. The van der Waals surface area contributed by atoms with Gasteiger partial charge in [-0.1, -0.05) is 71.4 Å². The number of unbranched alkanes of at least 4 members (excludes halogenated alkanes) is 1. The zero-order chi connectivity index (χ0) is 50.8. The van der Waals surface area contributed by atoms with Gasteiger partial charge in [0.2, 0.25) is 53.2 Å². The number of hydrogen-bond donors (Lipinski definition) is 13. The van der Waals surface area contributed by atoms with Crippen molar-refractivity contribution in [2.24, 2.45) is 34.8 Å². The van der Waals surface area contributed by atoms with E-state index in [9.17, 15) is 43.2 Å². The third-order valence-electron chi connectivity index (χ3n) is 11.1. The van der Waals surface area contributed by atoms with Gasteiger partial charge in [0.25, 0.3) is 0 Å². The molecule has 2 rings (SSSR count). The molecule has 22 heteroatoms. The number of nitrogens with two attached hydrogens (primary N) is 4. The number of nitrogens with one attached hydrogen (secondary N) is 9. The molecule has 8 atom stereocenters. The van der Waals surface area contributed by atoms with Gasteiger partial charge in [0.15, 0.2) is 0 Å². The third kappa shape index (κ3) is 21.1. The summed E-state index contributed by atoms with van der Waals surface area (Å²) < 4.78 is 0. The maximum atomic E-state index is 14.3. The standard InChI is InChI=1S/C46H79N13O9/c1-6-7-13-38(60)52-30(14-19-47)40(62)56-34-18-23-51-39(61)35(24-27(2)3)57-42(64)32(16-21-49)53-41(63)31(15-20-48)55-45(67)36(25-28(4)5)58-46(68)37(26-29-11-9-8-10-12-29)59-43(65)33(17-22-50)54-44(34)66/h8-12,27-28,30-37H,6-7,13-26,47-50H2,1-5H3,(H,51,61)(H,52,60)(H,53,63)(H,54,66)(H,55,67)(H,56,62)(H,57,64)(H,58,68)(H,59,65)/t30-,31+,32+,33+,34+,35+,36+,37?/m1/s1. The molecule has 0 spiro atoms. The van der Waals surface area contributed by atoms with Crippen LogP contribution < -0.4 is 70.8 Å². The molecule has 17 N–H and O–H groups in total. The first kappa shape index (κ1) is 58.4. The van der Waals surface area contributed by atoms with Crippen molar-refractivity contribution in [2.45, 2.75) is 154 Å². The molecule has 9 amide bonds. The molecule has 1 aromatic rings. The van der Waals surface area contributed by atoms with Gasteiger partial charge < -0.3 is 70.8 Å². The quantitative estimate of drug-likeness (QED) is 0.0634. The molecule has 1 saturated heterocycles. The Morgan fingerprint density at radius 1 is 0.603 bits per heavy atom. The van der Waals surface area contributed by atoms with Gasteiger partial charge in [0.1, 0.15) is 48.3 Å². The Hall–Kier alpha value is -5.71. The number of hydrogen-bond acceptors (Lipinski definition) is 13. The lowest BCUT2D eigenvalue weighted by atomic mass is 10.00. The normalized spacial score (nSPS) is 23.5. The minimum Gasteiger partial charge on any atom is -0.354 e. The van der Waals surface area contributed by atoms with Gasteiger partial charge in [0, 0.05) is 19.4 Å². The number of carbonyl (C=O) groups excluding carboxylic acids is 9. The smallest absolute Gasteiger partial charge is 0.243 e. The minimum atomic E-state index is -1.41. The van der Waals surface area contributed by atoms with Crippen LogP contribution in [0, 0.1) is 11.8 Å². The zero-order valence-electron chi connectivity index (χ0n) is 40.5. The summed E-state index contributed by atoms with van der Waals surface area (Å²) in [6.07, 6.45) is 1.34. The third-order valence-corrected chi connectivity index (χ3v) is 11.1. The van der Waals surface area contributed by atoms with Crippen molar-refractivity contribution in [1.29, 1.82) is 0 Å². The summed E-state index contributed by atoms with van der Waals surface area (Å²) in [6, 6.07) is -1.24. The molecule has 0 saturated carbocycles. The molecule has 1 fully saturated rings. The van der Waals surface area contributed by atoms with Crippen LogP contribution in [-0.4, -0.2) is 134 Å². The molecular formula is C46H79N13O9. The van der Waals surface area contributed by atoms with Gasteiger partial charge in [-0.05, 0) is 94.9 Å². The van der Waals surface area contributed by atoms with Crippen LogP contribution in [0.4, 0.5) is 0 Å². The molecule has 1 aliphatic rings. The second kappa shape index (κ2) is 31.4. The largest absolute Gasteiger partial charge is 0.354 e. The molecular weight excluding hydrogens is 879 g/mol. The molecule has 68 heavy (non-hydrogen) atoms. The Labute approximate surface area is 400 Å². The Kier molecular flexibility index (Phi) is 26.9. The average Bonchev–Trinajstić information content (AvgIpc) is 3.28. The van der Waals surface area contributed by atoms with Crippen LogP contribution in [-0.2, 0) is 49.6 Å². The van der Waals surface area contributed by atoms with E-state index in [2.05, 4.69) is 47.9 Å². The van der Waals surface area contributed by atoms with E-state index >= 15 is 0 Å². The van der Waals surface area contributed by atoms with Crippen molar-refractivity contribution in [3.05, 3.63) is 35.9 Å². The fourth-order valence-electron chi connectivity index (χ4n) is 7.45. The van der Waals surface area contributed by atoms with Crippen molar-refractivity contribution in [3.8, 4) is 0 Å². The van der Waals surface area contributed by atoms with Gasteiger partial charge >= 0.3 is 0 Å². The van der Waals surface area contributed by atoms with E-state index in [0.717, 1.165) is 6.42 Å². The van der Waals surface area contributed by atoms with Crippen LogP contribution in [0.3, 0.4) is 0 Å². The van der Waals surface area contributed by atoms with E-state index < -0.39 is 95.6 Å². The van der Waals surface area contributed by atoms with E-state index in [4.69, 9.17) is 22.9 Å². The Morgan fingerprint density at radius 2 is 1.04 bits per heavy atom. The molecule has 1 unspecified atom stereocenters. The first-order chi connectivity index (χ1) is 32.4. The van der Waals surface area contributed by atoms with Gasteiger partial charge in [-0.3, -0.25) is 43.2 Å². The fraction of sp³-hybridized carbons (Fsp3) is 0.674. The minimum absolute atomic E-state index is 0.0193. The highest BCUT2D eigenvalue weighted by molar-refractivity contribution is 5.98. The van der Waals surface area contributed by atoms with E-state index in [-0.39, 0.29) is 108 Å². The molecule has 382 valence electrons. The number of rotatable bonds is 20. The van der Waals surface area contributed by atoms with Crippen molar-refractivity contribution < 1.29 is 43.2 Å². The molecule has 0 radical (unpaired) electrons. The highest BCUT2D eigenvalue weighted by Gasteiger charge is 2.35. The van der Waals surface area contributed by atoms with Crippen LogP contribution in [0.25, 0.3) is 0 Å². The van der Waals surface area contributed by atoms with Crippen LogP contribution >= 0.6 is 0 Å². The summed E-state index contributed by atoms with van der Waals surface area (Å²) in [6.45, 7) is 8.88. The second-order valence-electron chi connectivity index (χ2n) is 18.0. The van der Waals surface area contributed by atoms with Crippen LogP contribution in [0.2, 0.25) is 0 Å². The summed E-state index contributed by atoms with van der Waals surface area (Å²) in [5, 5.41) is 24.2. The summed E-state index contributed by atoms with van der Waals surface area (Å²) in [5.74, 6) is -6.62. The topological polar surface area (TPSA) is 366 Å². The Balaban J connectivity index is 2.74. The molecule has 22 nitrogen and oxygen atoms in total. The van der Waals surface area contributed by atoms with Crippen LogP contribution in [0.1, 0.15) is 104 Å². The monoisotopic (exact) mass is 958 g/mol. The van der Waals surface area contributed by atoms with Gasteiger partial charge in [-0.25, -0.2) is 0 Å². The van der Waals surface area contributed by atoms with Gasteiger partial charge in [-0.2, -0.15) is 0 Å². The fourth-order valence-corrected chi connectivity index (χ4v) is 7.45. The van der Waals surface area contributed by atoms with Crippen molar-refractivity contribution in [1.82, 2.24) is 47.9 Å². The van der Waals surface area contributed by atoms with Gasteiger partial charge in [-0.15, -0.1) is 0 Å². The summed E-state index contributed by atoms with van der Waals surface area (Å²) in [7, 11) is 0. The molecule has 0 aliphatic carbocycles. The lowest BCUT2D eigenvalue weighted by Gasteiger charge is -2.28. The predicted molar refractivity (Wildman–Crippen MR) is 256 cm³/mol. The van der Waals surface area contributed by atoms with Crippen molar-refractivity contribution in [2.75, 3.05) is 32.7 Å². The van der Waals surface area contributed by atoms with Crippen molar-refractivity contribution in [3.63, 3.8) is 0 Å². The van der Waals surface area contributed by atoms with Crippen molar-refractivity contribution >= 4 is 53.2 Å². The maximum absolute atomic E-state index is 14.3. The van der Waals surface area contributed by atoms with Gasteiger partial charge in [0.05, 0.1) is 0 Å². The molecule has 1 aromatic carbocycles. The van der Waals surface area contributed by atoms with Crippen LogP contribution in [0.5, 0.6) is 0 Å². The number of benzene rings is 1. The first-order valence-corrected chi connectivity index (χ1v) is 23.9. The average molecular weight is 958 g/mol. The van der Waals surface area contributed by atoms with E-state index in [1.165, 1.54) is 0 Å². The molecule has 0 aromatic heterocycles. The Bertz CT molecular complexity index is 1800. The maximum Gasteiger partial charge on any atom is 0.243 e. The highest BCUT2D eigenvalue weighted by Crippen LogP contribution is 2.12. The summed E-state index contributed by atoms with van der Waals surface area (Å²) in [5.41, 5.74) is 24.1. The predicted octanol–water partition coefficient (Wildman–Crippen LogP) is -2.70. The highest BCUT2D eigenvalue weighted by atomic mass is 16.2. The Morgan fingerprint density at radius 3 is 1.51 bits per heavy atom. The molecule has 0 bridgehead atoms. The van der Waals surface area contributed by atoms with Crippen LogP contribution in [0.15, 0.2) is 30.3 Å². The second-order valence-corrected chi connectivity index (χ2v) is 18.0. The SMILES string of the molecule is CCCCC(=O)N[C@H](CCN)C(=O)N[C@H]1CCNC(=O)[C@H](CC(C)C)NC(=O)[C@H](CCN)NC(=O)[C@H](CCN)NC(=O)[C@H](CC(C)C)NC(=O)C(Cc2ccccc2)NC(=O)[C@H](CCN)NC1=O. The molecule has 1 heterocycles. The lowest BCUT2D eigenvalue weighted by Crippen LogP contribution is -2.61.